The molecule has 1 aromatic rings. The number of aliphatic hydroxyl groups excluding tert-OH is 1. The lowest BCUT2D eigenvalue weighted by Crippen LogP contribution is -1.85. The van der Waals surface area contributed by atoms with Gasteiger partial charge in [0.1, 0.15) is 0 Å². The molecule has 1 rings (SSSR count). The average molecular weight is 172 g/mol. The number of aryl methyl sites for hydroxylation is 1. The fourth-order valence-electron chi connectivity index (χ4n) is 0.728. The molecule has 0 aliphatic carbocycles. The van der Waals surface area contributed by atoms with Gasteiger partial charge < -0.3 is 5.11 Å². The maximum atomic E-state index is 8.52. The lowest BCUT2D eigenvalue weighted by atomic mass is 10.5. The third-order valence-corrected chi connectivity index (χ3v) is 2.29. The second kappa shape index (κ2) is 4.41. The lowest BCUT2D eigenvalue weighted by molar-refractivity contribution is 0.296. The van der Waals surface area contributed by atoms with Gasteiger partial charge in [0.15, 0.2) is 0 Å². The number of aliphatic hydroxyl groups is 1. The molecule has 0 saturated heterocycles. The normalized spacial score (nSPS) is 10.4. The SMILES string of the molecule is Cn1cc(SCCCO)cn1. The zero-order chi connectivity index (χ0) is 8.10. The highest BCUT2D eigenvalue weighted by Crippen LogP contribution is 2.16. The van der Waals surface area contributed by atoms with Crippen LogP contribution in [-0.2, 0) is 7.05 Å². The van der Waals surface area contributed by atoms with Crippen molar-refractivity contribution in [3.05, 3.63) is 12.4 Å². The number of thioether (sulfide) groups is 1. The Labute approximate surface area is 70.4 Å². The number of aromatic nitrogens is 2. The topological polar surface area (TPSA) is 38.0 Å². The summed E-state index contributed by atoms with van der Waals surface area (Å²) in [7, 11) is 1.90. The molecule has 0 unspecified atom stereocenters. The van der Waals surface area contributed by atoms with E-state index in [-0.39, 0.29) is 6.61 Å². The van der Waals surface area contributed by atoms with Crippen LogP contribution in [0.25, 0.3) is 0 Å². The number of rotatable bonds is 4. The van der Waals surface area contributed by atoms with E-state index in [9.17, 15) is 0 Å². The first kappa shape index (κ1) is 8.62. The molecule has 0 spiro atoms. The Kier molecular flexibility index (Phi) is 3.45. The van der Waals surface area contributed by atoms with E-state index < -0.39 is 0 Å². The standard InChI is InChI=1S/C7H12N2OS/c1-9-6-7(5-8-9)11-4-2-3-10/h5-6,10H,2-4H2,1H3. The van der Waals surface area contributed by atoms with Crippen LogP contribution in [0.5, 0.6) is 0 Å². The van der Waals surface area contributed by atoms with Crippen LogP contribution in [0.1, 0.15) is 6.42 Å². The summed E-state index contributed by atoms with van der Waals surface area (Å²) in [5.41, 5.74) is 0. The molecule has 0 radical (unpaired) electrons. The molecule has 0 fully saturated rings. The minimum atomic E-state index is 0.271. The molecular weight excluding hydrogens is 160 g/mol. The van der Waals surface area contributed by atoms with E-state index in [1.807, 2.05) is 19.4 Å². The van der Waals surface area contributed by atoms with Crippen molar-refractivity contribution in [3.8, 4) is 0 Å². The van der Waals surface area contributed by atoms with Crippen LogP contribution in [0.15, 0.2) is 17.3 Å². The molecule has 0 aromatic carbocycles. The van der Waals surface area contributed by atoms with Gasteiger partial charge in [-0.2, -0.15) is 5.10 Å². The first-order chi connectivity index (χ1) is 5.33. The molecule has 1 heterocycles. The third kappa shape index (κ3) is 2.95. The zero-order valence-electron chi connectivity index (χ0n) is 6.53. The van der Waals surface area contributed by atoms with Crippen molar-refractivity contribution in [1.29, 1.82) is 0 Å². The van der Waals surface area contributed by atoms with Gasteiger partial charge in [-0.05, 0) is 6.42 Å². The molecule has 0 atom stereocenters. The fourth-order valence-corrected chi connectivity index (χ4v) is 1.59. The summed E-state index contributed by atoms with van der Waals surface area (Å²) in [6.07, 6.45) is 4.66. The van der Waals surface area contributed by atoms with E-state index in [0.717, 1.165) is 12.2 Å². The van der Waals surface area contributed by atoms with Crippen LogP contribution in [0.3, 0.4) is 0 Å². The van der Waals surface area contributed by atoms with Crippen molar-refractivity contribution >= 4 is 11.8 Å². The molecule has 4 heteroatoms. The summed E-state index contributed by atoms with van der Waals surface area (Å²) in [5, 5.41) is 12.5. The third-order valence-electron chi connectivity index (χ3n) is 1.25. The fraction of sp³-hybridized carbons (Fsp3) is 0.571. The van der Waals surface area contributed by atoms with Crippen molar-refractivity contribution < 1.29 is 5.11 Å². The van der Waals surface area contributed by atoms with Crippen LogP contribution in [-0.4, -0.2) is 27.2 Å². The molecule has 1 aromatic heterocycles. The summed E-state index contributed by atoms with van der Waals surface area (Å²) >= 11 is 1.72. The number of nitrogens with zero attached hydrogens (tertiary/aromatic N) is 2. The summed E-state index contributed by atoms with van der Waals surface area (Å²) < 4.78 is 1.78. The van der Waals surface area contributed by atoms with E-state index in [1.165, 1.54) is 4.90 Å². The summed E-state index contributed by atoms with van der Waals surface area (Å²) in [6.45, 7) is 0.271. The van der Waals surface area contributed by atoms with Crippen molar-refractivity contribution in [3.63, 3.8) is 0 Å². The van der Waals surface area contributed by atoms with E-state index in [4.69, 9.17) is 5.11 Å². The van der Waals surface area contributed by atoms with Gasteiger partial charge in [0.25, 0.3) is 0 Å². The second-order valence-corrected chi connectivity index (χ2v) is 3.44. The van der Waals surface area contributed by atoms with Gasteiger partial charge in [-0.25, -0.2) is 0 Å². The Bertz CT molecular complexity index is 212. The molecule has 3 nitrogen and oxygen atoms in total. The number of hydrogen-bond acceptors (Lipinski definition) is 3. The average Bonchev–Trinajstić information content (AvgIpc) is 2.37. The maximum Gasteiger partial charge on any atom is 0.0625 e. The van der Waals surface area contributed by atoms with Gasteiger partial charge >= 0.3 is 0 Å². The largest absolute Gasteiger partial charge is 0.396 e. The van der Waals surface area contributed by atoms with E-state index in [1.54, 1.807) is 16.4 Å². The van der Waals surface area contributed by atoms with E-state index in [0.29, 0.717) is 0 Å². The molecule has 1 N–H and O–H groups in total. The Balaban J connectivity index is 2.27. The van der Waals surface area contributed by atoms with Crippen LogP contribution < -0.4 is 0 Å². The van der Waals surface area contributed by atoms with Gasteiger partial charge in [-0.3, -0.25) is 4.68 Å². The van der Waals surface area contributed by atoms with Gasteiger partial charge in [0.2, 0.25) is 0 Å². The van der Waals surface area contributed by atoms with Crippen LogP contribution >= 0.6 is 11.8 Å². The lowest BCUT2D eigenvalue weighted by Gasteiger charge is -1.93. The predicted molar refractivity (Wildman–Crippen MR) is 45.6 cm³/mol. The van der Waals surface area contributed by atoms with Crippen molar-refractivity contribution in [2.75, 3.05) is 12.4 Å². The van der Waals surface area contributed by atoms with Crippen LogP contribution in [0, 0.1) is 0 Å². The highest BCUT2D eigenvalue weighted by atomic mass is 32.2. The molecule has 0 amide bonds. The Morgan fingerprint density at radius 3 is 3.09 bits per heavy atom. The van der Waals surface area contributed by atoms with Crippen molar-refractivity contribution in [2.45, 2.75) is 11.3 Å². The summed E-state index contributed by atoms with van der Waals surface area (Å²) in [4.78, 5) is 1.17. The Morgan fingerprint density at radius 1 is 1.73 bits per heavy atom. The smallest absolute Gasteiger partial charge is 0.0625 e. The van der Waals surface area contributed by atoms with Crippen LogP contribution in [0.2, 0.25) is 0 Å². The molecule has 0 aliphatic rings. The summed E-state index contributed by atoms with van der Waals surface area (Å²) in [5.74, 6) is 0.961. The molecule has 0 aliphatic heterocycles. The minimum Gasteiger partial charge on any atom is -0.396 e. The van der Waals surface area contributed by atoms with Crippen molar-refractivity contribution in [2.24, 2.45) is 7.05 Å². The first-order valence-corrected chi connectivity index (χ1v) is 4.54. The second-order valence-electron chi connectivity index (χ2n) is 2.28. The molecule has 11 heavy (non-hydrogen) atoms. The highest BCUT2D eigenvalue weighted by molar-refractivity contribution is 7.99. The molecule has 0 saturated carbocycles. The van der Waals surface area contributed by atoms with Crippen LogP contribution in [0.4, 0.5) is 0 Å². The first-order valence-electron chi connectivity index (χ1n) is 3.55. The monoisotopic (exact) mass is 172 g/mol. The predicted octanol–water partition coefficient (Wildman–Crippen LogP) is 0.895. The van der Waals surface area contributed by atoms with Crippen molar-refractivity contribution in [1.82, 2.24) is 9.78 Å². The van der Waals surface area contributed by atoms with Gasteiger partial charge in [-0.15, -0.1) is 11.8 Å². The van der Waals surface area contributed by atoms with E-state index >= 15 is 0 Å². The zero-order valence-corrected chi connectivity index (χ0v) is 7.34. The quantitative estimate of drug-likeness (QED) is 0.541. The Hall–Kier alpha value is -0.480. The molecule has 62 valence electrons. The van der Waals surface area contributed by atoms with E-state index in [2.05, 4.69) is 5.10 Å². The summed E-state index contributed by atoms with van der Waals surface area (Å²) in [6, 6.07) is 0. The maximum absolute atomic E-state index is 8.52. The van der Waals surface area contributed by atoms with Gasteiger partial charge in [-0.1, -0.05) is 0 Å². The highest BCUT2D eigenvalue weighted by Gasteiger charge is 1.94. The molecular formula is C7H12N2OS. The van der Waals surface area contributed by atoms with Gasteiger partial charge in [0.05, 0.1) is 6.20 Å². The minimum absolute atomic E-state index is 0.271. The Morgan fingerprint density at radius 2 is 2.55 bits per heavy atom. The van der Waals surface area contributed by atoms with Gasteiger partial charge in [0, 0.05) is 30.5 Å². The number of hydrogen-bond donors (Lipinski definition) is 1. The molecule has 0 bridgehead atoms.